The molecule has 0 aliphatic heterocycles. The van der Waals surface area contributed by atoms with Crippen LogP contribution in [-0.2, 0) is 18.0 Å². The van der Waals surface area contributed by atoms with E-state index in [9.17, 15) is 4.39 Å². The van der Waals surface area contributed by atoms with Gasteiger partial charge in [0.05, 0.1) is 13.2 Å². The molecule has 2 aromatic carbocycles. The van der Waals surface area contributed by atoms with Gasteiger partial charge in [-0.1, -0.05) is 52.4 Å². The second kappa shape index (κ2) is 6.92. The second-order valence-corrected chi connectivity index (χ2v) is 5.65. The zero-order valence-corrected chi connectivity index (χ0v) is 13.0. The maximum Gasteiger partial charge on any atom is 0.129 e. The highest BCUT2D eigenvalue weighted by Gasteiger charge is 2.05. The first kappa shape index (κ1) is 15.1. The van der Waals surface area contributed by atoms with Crippen LogP contribution in [0.3, 0.4) is 0 Å². The zero-order chi connectivity index (χ0) is 14.5. The fourth-order valence-electron chi connectivity index (χ4n) is 1.72. The van der Waals surface area contributed by atoms with Crippen molar-refractivity contribution in [3.8, 4) is 0 Å². The van der Waals surface area contributed by atoms with Crippen LogP contribution in [0.25, 0.3) is 0 Å². The average Bonchev–Trinajstić information content (AvgIpc) is 2.40. The lowest BCUT2D eigenvalue weighted by molar-refractivity contribution is 0.105. The summed E-state index contributed by atoms with van der Waals surface area (Å²) in [4.78, 5) is 0.186. The van der Waals surface area contributed by atoms with Gasteiger partial charge in [0, 0.05) is 15.6 Å². The molecule has 2 N–H and O–H groups in total. The molecule has 0 atom stereocenters. The first-order chi connectivity index (χ1) is 9.56. The van der Waals surface area contributed by atoms with Crippen molar-refractivity contribution >= 4 is 33.1 Å². The summed E-state index contributed by atoms with van der Waals surface area (Å²) in [5.74, 6) is -0.357. The Hall–Kier alpha value is -1.30. The van der Waals surface area contributed by atoms with Gasteiger partial charge in [0.1, 0.15) is 10.8 Å². The molecule has 5 heteroatoms. The van der Waals surface area contributed by atoms with Crippen LogP contribution in [-0.4, -0.2) is 4.99 Å². The Kier molecular flexibility index (Phi) is 5.23. The quantitative estimate of drug-likeness (QED) is 0.826. The highest BCUT2D eigenvalue weighted by molar-refractivity contribution is 9.10. The van der Waals surface area contributed by atoms with Crippen LogP contribution < -0.4 is 5.73 Å². The molecule has 2 rings (SSSR count). The van der Waals surface area contributed by atoms with E-state index in [4.69, 9.17) is 22.7 Å². The molecular weight excluding hydrogens is 341 g/mol. The maximum absolute atomic E-state index is 13.8. The Bertz CT molecular complexity index is 633. The van der Waals surface area contributed by atoms with Crippen LogP contribution >= 0.6 is 28.1 Å². The van der Waals surface area contributed by atoms with E-state index in [1.54, 1.807) is 12.1 Å². The molecule has 0 heterocycles. The van der Waals surface area contributed by atoms with Crippen LogP contribution in [0.5, 0.6) is 0 Å². The van der Waals surface area contributed by atoms with Crippen LogP contribution in [0.1, 0.15) is 16.7 Å². The molecule has 104 valence electrons. The van der Waals surface area contributed by atoms with E-state index in [0.717, 1.165) is 10.0 Å². The number of ether oxygens (including phenoxy) is 1. The SMILES string of the molecule is NC(=S)c1ccc(COCc2cccc(Br)c2)c(F)c1. The van der Waals surface area contributed by atoms with Gasteiger partial charge in [-0.25, -0.2) is 4.39 Å². The Morgan fingerprint density at radius 3 is 2.65 bits per heavy atom. The highest BCUT2D eigenvalue weighted by Crippen LogP contribution is 2.15. The van der Waals surface area contributed by atoms with Gasteiger partial charge >= 0.3 is 0 Å². The maximum atomic E-state index is 13.8. The van der Waals surface area contributed by atoms with Crippen molar-refractivity contribution in [2.45, 2.75) is 13.2 Å². The molecule has 0 aliphatic rings. The monoisotopic (exact) mass is 353 g/mol. The van der Waals surface area contributed by atoms with Gasteiger partial charge in [-0.05, 0) is 23.8 Å². The largest absolute Gasteiger partial charge is 0.389 e. The van der Waals surface area contributed by atoms with E-state index in [-0.39, 0.29) is 17.4 Å². The van der Waals surface area contributed by atoms with Gasteiger partial charge in [0.25, 0.3) is 0 Å². The summed E-state index contributed by atoms with van der Waals surface area (Å²) in [6.07, 6.45) is 0. The first-order valence-corrected chi connectivity index (χ1v) is 7.17. The van der Waals surface area contributed by atoms with Gasteiger partial charge in [-0.2, -0.15) is 0 Å². The third-order valence-corrected chi connectivity index (χ3v) is 3.48. The molecule has 20 heavy (non-hydrogen) atoms. The Labute approximate surface area is 130 Å². The molecule has 2 nitrogen and oxygen atoms in total. The molecule has 0 aromatic heterocycles. The summed E-state index contributed by atoms with van der Waals surface area (Å²) < 4.78 is 20.3. The lowest BCUT2D eigenvalue weighted by Crippen LogP contribution is -2.10. The average molecular weight is 354 g/mol. The Morgan fingerprint density at radius 1 is 1.20 bits per heavy atom. The summed E-state index contributed by atoms with van der Waals surface area (Å²) in [6.45, 7) is 0.631. The van der Waals surface area contributed by atoms with E-state index in [1.807, 2.05) is 24.3 Å². The van der Waals surface area contributed by atoms with Gasteiger partial charge in [-0.3, -0.25) is 0 Å². The molecule has 0 aliphatic carbocycles. The number of halogens is 2. The predicted octanol–water partition coefficient (Wildman–Crippen LogP) is 3.94. The van der Waals surface area contributed by atoms with E-state index in [1.165, 1.54) is 6.07 Å². The highest BCUT2D eigenvalue weighted by atomic mass is 79.9. The topological polar surface area (TPSA) is 35.2 Å². The lowest BCUT2D eigenvalue weighted by atomic mass is 10.1. The Morgan fingerprint density at radius 2 is 2.00 bits per heavy atom. The van der Waals surface area contributed by atoms with Crippen molar-refractivity contribution in [3.05, 3.63) is 69.4 Å². The van der Waals surface area contributed by atoms with Crippen molar-refractivity contribution in [1.82, 2.24) is 0 Å². The van der Waals surface area contributed by atoms with Gasteiger partial charge < -0.3 is 10.5 Å². The minimum absolute atomic E-state index is 0.186. The van der Waals surface area contributed by atoms with Gasteiger partial charge in [0.2, 0.25) is 0 Å². The summed E-state index contributed by atoms with van der Waals surface area (Å²) in [7, 11) is 0. The minimum atomic E-state index is -0.357. The van der Waals surface area contributed by atoms with Crippen LogP contribution in [0.15, 0.2) is 46.9 Å². The molecule has 0 fully saturated rings. The second-order valence-electron chi connectivity index (χ2n) is 4.29. The number of thiocarbonyl (C=S) groups is 1. The molecular formula is C15H13BrFNOS. The fourth-order valence-corrected chi connectivity index (χ4v) is 2.30. The van der Waals surface area contributed by atoms with Crippen LogP contribution in [0, 0.1) is 5.82 Å². The van der Waals surface area contributed by atoms with Gasteiger partial charge in [0.15, 0.2) is 0 Å². The molecule has 0 unspecified atom stereocenters. The molecule has 0 radical (unpaired) electrons. The standard InChI is InChI=1S/C15H13BrFNOS/c16-13-3-1-2-10(6-13)8-19-9-12-5-4-11(15(18)20)7-14(12)17/h1-7H,8-9H2,(H2,18,20). The van der Waals surface area contributed by atoms with Crippen molar-refractivity contribution < 1.29 is 9.13 Å². The van der Waals surface area contributed by atoms with E-state index in [2.05, 4.69) is 15.9 Å². The minimum Gasteiger partial charge on any atom is -0.389 e. The van der Waals surface area contributed by atoms with E-state index >= 15 is 0 Å². The number of hydrogen-bond donors (Lipinski definition) is 1. The van der Waals surface area contributed by atoms with Crippen molar-refractivity contribution in [2.75, 3.05) is 0 Å². The molecule has 0 saturated heterocycles. The predicted molar refractivity (Wildman–Crippen MR) is 84.9 cm³/mol. The van der Waals surface area contributed by atoms with E-state index < -0.39 is 0 Å². The Balaban J connectivity index is 1.96. The molecule has 0 amide bonds. The summed E-state index contributed by atoms with van der Waals surface area (Å²) in [5.41, 5.74) is 7.49. The summed E-state index contributed by atoms with van der Waals surface area (Å²) in [6, 6.07) is 12.5. The fraction of sp³-hybridized carbons (Fsp3) is 0.133. The third-order valence-electron chi connectivity index (χ3n) is 2.75. The molecule has 0 bridgehead atoms. The normalized spacial score (nSPS) is 10.5. The number of rotatable bonds is 5. The smallest absolute Gasteiger partial charge is 0.129 e. The molecule has 0 saturated carbocycles. The van der Waals surface area contributed by atoms with Crippen molar-refractivity contribution in [3.63, 3.8) is 0 Å². The third kappa shape index (κ3) is 4.10. The summed E-state index contributed by atoms with van der Waals surface area (Å²) >= 11 is 8.20. The molecule has 2 aromatic rings. The zero-order valence-electron chi connectivity index (χ0n) is 10.6. The van der Waals surface area contributed by atoms with Crippen LogP contribution in [0.4, 0.5) is 4.39 Å². The first-order valence-electron chi connectivity index (χ1n) is 5.96. The van der Waals surface area contributed by atoms with E-state index in [0.29, 0.717) is 17.7 Å². The van der Waals surface area contributed by atoms with Crippen molar-refractivity contribution in [1.29, 1.82) is 0 Å². The summed E-state index contributed by atoms with van der Waals surface area (Å²) in [5, 5.41) is 0. The number of nitrogens with two attached hydrogens (primary N) is 1. The number of benzene rings is 2. The number of hydrogen-bond acceptors (Lipinski definition) is 2. The van der Waals surface area contributed by atoms with Crippen molar-refractivity contribution in [2.24, 2.45) is 5.73 Å². The molecule has 0 spiro atoms. The van der Waals surface area contributed by atoms with Crippen LogP contribution in [0.2, 0.25) is 0 Å². The van der Waals surface area contributed by atoms with Gasteiger partial charge in [-0.15, -0.1) is 0 Å². The lowest BCUT2D eigenvalue weighted by Gasteiger charge is -2.07.